The molecule has 0 heterocycles. The lowest BCUT2D eigenvalue weighted by Crippen LogP contribution is -2.13. The summed E-state index contributed by atoms with van der Waals surface area (Å²) >= 11 is 0. The number of hydrogen-bond acceptors (Lipinski definition) is 1. The average Bonchev–Trinajstić information content (AvgIpc) is 2.78. The van der Waals surface area contributed by atoms with Crippen LogP contribution in [0.4, 0.5) is 8.78 Å². The molecule has 3 heteroatoms. The molecule has 1 aliphatic rings. The molecule has 1 fully saturated rings. The second-order valence-electron chi connectivity index (χ2n) is 8.47. The maximum atomic E-state index is 14.6. The molecule has 0 amide bonds. The van der Waals surface area contributed by atoms with E-state index in [1.165, 1.54) is 69.3 Å². The molecule has 2 aromatic rings. The van der Waals surface area contributed by atoms with E-state index in [-0.39, 0.29) is 11.3 Å². The molecule has 162 valence electrons. The molecule has 1 nitrogen and oxygen atoms in total. The Morgan fingerprint density at radius 1 is 0.900 bits per heavy atom. The van der Waals surface area contributed by atoms with Crippen LogP contribution in [0.5, 0.6) is 5.75 Å². The van der Waals surface area contributed by atoms with Gasteiger partial charge < -0.3 is 4.74 Å². The number of unbranched alkanes of at least 4 members (excludes halogenated alkanes) is 2. The van der Waals surface area contributed by atoms with Crippen LogP contribution in [0.25, 0.3) is 11.1 Å². The Hall–Kier alpha value is -2.16. The zero-order chi connectivity index (χ0) is 21.3. The summed E-state index contributed by atoms with van der Waals surface area (Å²) in [6.07, 6.45) is 14.4. The molecular weight excluding hydrogens is 378 g/mol. The van der Waals surface area contributed by atoms with Crippen molar-refractivity contribution in [3.05, 3.63) is 65.9 Å². The van der Waals surface area contributed by atoms with E-state index in [0.29, 0.717) is 11.5 Å². The number of rotatable bonds is 9. The van der Waals surface area contributed by atoms with E-state index in [1.54, 1.807) is 12.1 Å². The quantitative estimate of drug-likeness (QED) is 0.295. The summed E-state index contributed by atoms with van der Waals surface area (Å²) in [6, 6.07) is 11.1. The van der Waals surface area contributed by atoms with Gasteiger partial charge in [-0.3, -0.25) is 0 Å². The molecule has 0 aliphatic heterocycles. The first-order valence-corrected chi connectivity index (χ1v) is 11.5. The molecule has 0 atom stereocenters. The van der Waals surface area contributed by atoms with E-state index >= 15 is 0 Å². The SMILES string of the molecule is CC/C=C\Oc1ccc(-c2ccc(C3CCC(CCCCC)CC3)cc2)c(F)c1F. The predicted octanol–water partition coefficient (Wildman–Crippen LogP) is 8.79. The van der Waals surface area contributed by atoms with Gasteiger partial charge in [-0.25, -0.2) is 4.39 Å². The third-order valence-electron chi connectivity index (χ3n) is 6.33. The number of halogens is 2. The van der Waals surface area contributed by atoms with Crippen LogP contribution in [0.1, 0.15) is 83.1 Å². The molecule has 0 N–H and O–H groups in total. The zero-order valence-electron chi connectivity index (χ0n) is 18.3. The smallest absolute Gasteiger partial charge is 0.201 e. The Labute approximate surface area is 180 Å². The highest BCUT2D eigenvalue weighted by Crippen LogP contribution is 2.38. The summed E-state index contributed by atoms with van der Waals surface area (Å²) in [6.45, 7) is 4.21. The Morgan fingerprint density at radius 3 is 2.30 bits per heavy atom. The van der Waals surface area contributed by atoms with Crippen molar-refractivity contribution in [1.29, 1.82) is 0 Å². The average molecular weight is 413 g/mol. The highest BCUT2D eigenvalue weighted by Gasteiger charge is 2.22. The second-order valence-corrected chi connectivity index (χ2v) is 8.47. The van der Waals surface area contributed by atoms with Gasteiger partial charge in [0.25, 0.3) is 0 Å². The molecule has 0 saturated heterocycles. The number of allylic oxidation sites excluding steroid dienone is 1. The molecule has 1 aliphatic carbocycles. The van der Waals surface area contributed by atoms with Crippen LogP contribution in [0.15, 0.2) is 48.7 Å². The van der Waals surface area contributed by atoms with Crippen molar-refractivity contribution in [2.75, 3.05) is 0 Å². The molecule has 0 unspecified atom stereocenters. The Morgan fingerprint density at radius 2 is 1.63 bits per heavy atom. The van der Waals surface area contributed by atoms with Crippen LogP contribution in [0, 0.1) is 17.6 Å². The van der Waals surface area contributed by atoms with E-state index in [9.17, 15) is 8.78 Å². The van der Waals surface area contributed by atoms with Gasteiger partial charge >= 0.3 is 0 Å². The van der Waals surface area contributed by atoms with Crippen molar-refractivity contribution < 1.29 is 13.5 Å². The molecule has 0 radical (unpaired) electrons. The number of ether oxygens (including phenoxy) is 1. The Balaban J connectivity index is 1.63. The van der Waals surface area contributed by atoms with Crippen molar-refractivity contribution in [2.24, 2.45) is 5.92 Å². The van der Waals surface area contributed by atoms with Gasteiger partial charge in [-0.05, 0) is 73.3 Å². The van der Waals surface area contributed by atoms with Gasteiger partial charge in [0.05, 0.1) is 6.26 Å². The minimum Gasteiger partial charge on any atom is -0.462 e. The van der Waals surface area contributed by atoms with E-state index in [0.717, 1.165) is 12.3 Å². The molecule has 1 saturated carbocycles. The van der Waals surface area contributed by atoms with Gasteiger partial charge in [0.2, 0.25) is 5.82 Å². The molecule has 30 heavy (non-hydrogen) atoms. The van der Waals surface area contributed by atoms with E-state index < -0.39 is 11.6 Å². The molecule has 3 rings (SSSR count). The summed E-state index contributed by atoms with van der Waals surface area (Å²) in [7, 11) is 0. The monoisotopic (exact) mass is 412 g/mol. The van der Waals surface area contributed by atoms with E-state index in [2.05, 4.69) is 19.1 Å². The van der Waals surface area contributed by atoms with Crippen LogP contribution in [0.3, 0.4) is 0 Å². The van der Waals surface area contributed by atoms with Crippen molar-refractivity contribution in [1.82, 2.24) is 0 Å². The lowest BCUT2D eigenvalue weighted by Gasteiger charge is -2.29. The zero-order valence-corrected chi connectivity index (χ0v) is 18.3. The largest absolute Gasteiger partial charge is 0.462 e. The number of hydrogen-bond donors (Lipinski definition) is 0. The second kappa shape index (κ2) is 11.3. The molecule has 2 aromatic carbocycles. The predicted molar refractivity (Wildman–Crippen MR) is 121 cm³/mol. The van der Waals surface area contributed by atoms with E-state index in [1.807, 2.05) is 19.1 Å². The first kappa shape index (κ1) is 22.5. The van der Waals surface area contributed by atoms with Gasteiger partial charge in [0, 0.05) is 5.56 Å². The van der Waals surface area contributed by atoms with Gasteiger partial charge in [0.15, 0.2) is 11.6 Å². The molecule has 0 aromatic heterocycles. The standard InChI is InChI=1S/C27H34F2O/c1-3-5-7-8-20-9-11-21(12-10-20)22-13-15-23(16-14-22)24-17-18-25(27(29)26(24)28)30-19-6-4-2/h6,13-21H,3-5,7-12H2,1-2H3/b19-6-. The van der Waals surface area contributed by atoms with Crippen molar-refractivity contribution in [3.8, 4) is 16.9 Å². The normalized spacial score (nSPS) is 19.3. The van der Waals surface area contributed by atoms with Crippen molar-refractivity contribution in [2.45, 2.75) is 77.6 Å². The van der Waals surface area contributed by atoms with Crippen molar-refractivity contribution in [3.63, 3.8) is 0 Å². The fourth-order valence-corrected chi connectivity index (χ4v) is 4.47. The summed E-state index contributed by atoms with van der Waals surface area (Å²) in [5.74, 6) is -0.425. The van der Waals surface area contributed by atoms with E-state index in [4.69, 9.17) is 4.74 Å². The molecule has 0 bridgehead atoms. The van der Waals surface area contributed by atoms with Crippen LogP contribution < -0.4 is 4.74 Å². The van der Waals surface area contributed by atoms with Gasteiger partial charge in [-0.1, -0.05) is 63.8 Å². The van der Waals surface area contributed by atoms with Gasteiger partial charge in [-0.15, -0.1) is 0 Å². The Kier molecular flexibility index (Phi) is 8.48. The minimum atomic E-state index is -0.946. The summed E-state index contributed by atoms with van der Waals surface area (Å²) in [5.41, 5.74) is 2.28. The summed E-state index contributed by atoms with van der Waals surface area (Å²) < 4.78 is 34.2. The molecular formula is C27H34F2O. The highest BCUT2D eigenvalue weighted by molar-refractivity contribution is 5.65. The Bertz CT molecular complexity index is 818. The lowest BCUT2D eigenvalue weighted by atomic mass is 9.77. The van der Waals surface area contributed by atoms with Crippen molar-refractivity contribution >= 4 is 0 Å². The third kappa shape index (κ3) is 5.71. The van der Waals surface area contributed by atoms with Crippen LogP contribution in [-0.4, -0.2) is 0 Å². The maximum absolute atomic E-state index is 14.6. The highest BCUT2D eigenvalue weighted by atomic mass is 19.2. The lowest BCUT2D eigenvalue weighted by molar-refractivity contribution is 0.303. The molecule has 0 spiro atoms. The summed E-state index contributed by atoms with van der Waals surface area (Å²) in [5, 5.41) is 0. The van der Waals surface area contributed by atoms with Crippen LogP contribution in [-0.2, 0) is 0 Å². The fourth-order valence-electron chi connectivity index (χ4n) is 4.47. The number of benzene rings is 2. The fraction of sp³-hybridized carbons (Fsp3) is 0.481. The first-order valence-electron chi connectivity index (χ1n) is 11.5. The van der Waals surface area contributed by atoms with Gasteiger partial charge in [0.1, 0.15) is 0 Å². The van der Waals surface area contributed by atoms with Crippen LogP contribution in [0.2, 0.25) is 0 Å². The third-order valence-corrected chi connectivity index (χ3v) is 6.33. The minimum absolute atomic E-state index is 0.0896. The maximum Gasteiger partial charge on any atom is 0.201 e. The topological polar surface area (TPSA) is 9.23 Å². The van der Waals surface area contributed by atoms with Crippen LogP contribution >= 0.6 is 0 Å². The summed E-state index contributed by atoms with van der Waals surface area (Å²) in [4.78, 5) is 0. The first-order chi connectivity index (χ1) is 14.6. The van der Waals surface area contributed by atoms with Gasteiger partial charge in [-0.2, -0.15) is 4.39 Å².